The predicted octanol–water partition coefficient (Wildman–Crippen LogP) is 4.28. The summed E-state index contributed by atoms with van der Waals surface area (Å²) in [5.74, 6) is -1.47. The number of imide groups is 1. The first-order valence-corrected chi connectivity index (χ1v) is 19.7. The summed E-state index contributed by atoms with van der Waals surface area (Å²) in [7, 11) is 0. The van der Waals surface area contributed by atoms with Crippen molar-refractivity contribution in [2.24, 2.45) is 5.92 Å². The number of alkyl halides is 1. The first-order chi connectivity index (χ1) is 27.4. The predicted molar refractivity (Wildman–Crippen MR) is 203 cm³/mol. The number of imidazole rings is 1. The number of carbonyl (C=O) groups is 4. The van der Waals surface area contributed by atoms with Gasteiger partial charge >= 0.3 is 0 Å². The lowest BCUT2D eigenvalue weighted by Crippen LogP contribution is -2.41. The Bertz CT molecular complexity index is 2280. The van der Waals surface area contributed by atoms with Crippen LogP contribution in [0.15, 0.2) is 47.8 Å². The van der Waals surface area contributed by atoms with Crippen molar-refractivity contribution in [1.82, 2.24) is 34.1 Å². The Morgan fingerprint density at radius 3 is 2.47 bits per heavy atom. The minimum Gasteiger partial charge on any atom is -0.474 e. The van der Waals surface area contributed by atoms with Crippen LogP contribution in [0.2, 0.25) is 0 Å². The van der Waals surface area contributed by atoms with Crippen molar-refractivity contribution in [3.63, 3.8) is 0 Å². The van der Waals surface area contributed by atoms with Crippen LogP contribution in [0, 0.1) is 11.7 Å². The molecular weight excluding hydrogens is 740 g/mol. The van der Waals surface area contributed by atoms with E-state index in [1.807, 2.05) is 29.8 Å². The van der Waals surface area contributed by atoms with E-state index in [0.717, 1.165) is 18.5 Å². The lowest BCUT2D eigenvalue weighted by molar-refractivity contribution is -0.135. The zero-order chi connectivity index (χ0) is 40.0. The molecule has 0 bridgehead atoms. The van der Waals surface area contributed by atoms with Crippen molar-refractivity contribution in [2.75, 3.05) is 36.4 Å². The Morgan fingerprint density at radius 2 is 1.79 bits per heavy atom. The number of ether oxygens (including phenoxy) is 1. The zero-order valence-electron chi connectivity index (χ0n) is 31.8. The number of anilines is 2. The summed E-state index contributed by atoms with van der Waals surface area (Å²) in [5.41, 5.74) is 0.892. The molecule has 7 heterocycles. The second kappa shape index (κ2) is 15.7. The van der Waals surface area contributed by atoms with E-state index in [9.17, 15) is 28.4 Å². The normalized spacial score (nSPS) is 21.9. The summed E-state index contributed by atoms with van der Waals surface area (Å²) in [6.07, 6.45) is 9.13. The monoisotopic (exact) mass is 785 g/mol. The second-order valence-corrected chi connectivity index (χ2v) is 15.8. The van der Waals surface area contributed by atoms with Crippen LogP contribution >= 0.6 is 0 Å². The van der Waals surface area contributed by atoms with E-state index >= 15 is 4.39 Å². The number of hydrogen-bond acceptors (Lipinski definition) is 10. The molecule has 4 aromatic heterocycles. The molecule has 4 aliphatic rings. The summed E-state index contributed by atoms with van der Waals surface area (Å²) >= 11 is 0. The summed E-state index contributed by atoms with van der Waals surface area (Å²) in [4.78, 5) is 81.1. The van der Waals surface area contributed by atoms with Crippen LogP contribution in [-0.2, 0) is 14.4 Å². The van der Waals surface area contributed by atoms with Crippen LogP contribution in [0.1, 0.15) is 105 Å². The van der Waals surface area contributed by atoms with Crippen LogP contribution < -0.4 is 25.8 Å². The van der Waals surface area contributed by atoms with Crippen LogP contribution in [0.25, 0.3) is 5.78 Å². The number of nitrogens with one attached hydrogen (secondary N) is 2. The van der Waals surface area contributed by atoms with Gasteiger partial charge in [-0.15, -0.1) is 0 Å². The van der Waals surface area contributed by atoms with E-state index in [4.69, 9.17) is 9.72 Å². The van der Waals surface area contributed by atoms with Gasteiger partial charge in [-0.2, -0.15) is 4.98 Å². The molecule has 4 aromatic rings. The molecule has 2 N–H and O–H groups in total. The van der Waals surface area contributed by atoms with Crippen molar-refractivity contribution in [1.29, 1.82) is 0 Å². The maximum absolute atomic E-state index is 15.2. The summed E-state index contributed by atoms with van der Waals surface area (Å²) in [6.45, 7) is 5.90. The fourth-order valence-corrected chi connectivity index (χ4v) is 8.12. The standard InChI is InChI=1S/C40H45F2N9O6/c1-22(2)57-38-27(37(55)44-30-4-3-11-51(39(30)56)32-18-28(32)41)20-50-21-31(45-40(50)47-38)24-9-14-48(15-10-24)34(53)16-23-7-12-49(13-8-23)35-29(42)17-25(19-43-35)26-5-6-33(52)46-36(26)54/h3-4,11,17,19-24,26,28,32H,5-10,12-16,18H2,1-2H3,(H,44,55)(H,46,52,54)/t26?,28-,32+/m1/s1. The lowest BCUT2D eigenvalue weighted by atomic mass is 9.90. The number of aromatic nitrogens is 5. The van der Waals surface area contributed by atoms with Crippen LogP contribution in [0.5, 0.6) is 5.88 Å². The average molecular weight is 786 g/mol. The van der Waals surface area contributed by atoms with E-state index in [-0.39, 0.29) is 65.5 Å². The highest BCUT2D eigenvalue weighted by molar-refractivity contribution is 6.05. The number of nitrogens with zero attached hydrogens (tertiary/aromatic N) is 7. The van der Waals surface area contributed by atoms with Crippen molar-refractivity contribution in [3.8, 4) is 5.88 Å². The number of likely N-dealkylation sites (tertiary alicyclic amines) is 1. The molecule has 4 fully saturated rings. The SMILES string of the molecule is CC(C)Oc1nc2nc(C3CCN(C(=O)CC4CCN(c5ncc(C6CCC(=O)NC6=O)cc5F)CC4)CC3)cn2cc1C(=O)Nc1cccn([C@H]2C[C@H]2F)c1=O. The number of piperidine rings is 3. The van der Waals surface area contributed by atoms with E-state index < -0.39 is 41.3 Å². The van der Waals surface area contributed by atoms with Crippen LogP contribution in [0.4, 0.5) is 20.3 Å². The smallest absolute Gasteiger partial charge is 0.274 e. The molecule has 15 nitrogen and oxygen atoms in total. The summed E-state index contributed by atoms with van der Waals surface area (Å²) in [6, 6.07) is 3.89. The Kier molecular flexibility index (Phi) is 10.5. The lowest BCUT2D eigenvalue weighted by Gasteiger charge is -2.35. The summed E-state index contributed by atoms with van der Waals surface area (Å²) < 4.78 is 37.8. The zero-order valence-corrected chi connectivity index (χ0v) is 31.8. The number of amides is 4. The molecule has 1 unspecified atom stereocenters. The molecular formula is C40H45F2N9O6. The van der Waals surface area contributed by atoms with Gasteiger partial charge in [-0.1, -0.05) is 0 Å². The summed E-state index contributed by atoms with van der Waals surface area (Å²) in [5, 5.41) is 4.96. The largest absolute Gasteiger partial charge is 0.474 e. The Morgan fingerprint density at radius 1 is 1.04 bits per heavy atom. The van der Waals surface area contributed by atoms with Crippen molar-refractivity contribution in [3.05, 3.63) is 76.0 Å². The average Bonchev–Trinajstić information content (AvgIpc) is 3.76. The molecule has 4 amide bonds. The third kappa shape index (κ3) is 8.09. The van der Waals surface area contributed by atoms with Gasteiger partial charge in [0.1, 0.15) is 17.4 Å². The van der Waals surface area contributed by atoms with Crippen molar-refractivity contribution >= 4 is 40.9 Å². The van der Waals surface area contributed by atoms with Gasteiger partial charge in [0, 0.05) is 76.1 Å². The minimum atomic E-state index is -1.08. The first kappa shape index (κ1) is 38.1. The third-order valence-corrected chi connectivity index (χ3v) is 11.4. The van der Waals surface area contributed by atoms with Gasteiger partial charge < -0.3 is 24.4 Å². The maximum Gasteiger partial charge on any atom is 0.274 e. The molecule has 57 heavy (non-hydrogen) atoms. The van der Waals surface area contributed by atoms with Gasteiger partial charge in [0.25, 0.3) is 11.5 Å². The van der Waals surface area contributed by atoms with Gasteiger partial charge in [0.05, 0.1) is 23.8 Å². The topological polar surface area (TPSA) is 173 Å². The quantitative estimate of drug-likeness (QED) is 0.221. The van der Waals surface area contributed by atoms with Gasteiger partial charge in [-0.05, 0) is 75.6 Å². The molecule has 0 spiro atoms. The molecule has 3 aliphatic heterocycles. The number of pyridine rings is 2. The maximum atomic E-state index is 15.2. The van der Waals surface area contributed by atoms with Gasteiger partial charge in [-0.25, -0.2) is 18.7 Å². The fraction of sp³-hybridized carbons (Fsp3) is 0.500. The number of hydrogen-bond donors (Lipinski definition) is 2. The number of rotatable bonds is 10. The first-order valence-electron chi connectivity index (χ1n) is 19.7. The number of carbonyl (C=O) groups excluding carboxylic acids is 4. The molecule has 300 valence electrons. The van der Waals surface area contributed by atoms with E-state index in [0.29, 0.717) is 63.2 Å². The molecule has 3 atom stereocenters. The molecule has 1 aliphatic carbocycles. The highest BCUT2D eigenvalue weighted by Gasteiger charge is 2.40. The second-order valence-electron chi connectivity index (χ2n) is 15.8. The molecule has 0 radical (unpaired) electrons. The molecule has 3 saturated heterocycles. The number of fused-ring (bicyclic) bond motifs is 1. The van der Waals surface area contributed by atoms with E-state index in [1.165, 1.54) is 29.1 Å². The van der Waals surface area contributed by atoms with Gasteiger partial charge in [0.2, 0.25) is 29.4 Å². The Balaban J connectivity index is 0.858. The van der Waals surface area contributed by atoms with Gasteiger partial charge in [0.15, 0.2) is 11.6 Å². The van der Waals surface area contributed by atoms with E-state index in [1.54, 1.807) is 16.7 Å². The Hall–Kier alpha value is -5.74. The number of halogens is 2. The van der Waals surface area contributed by atoms with Crippen molar-refractivity contribution in [2.45, 2.75) is 95.4 Å². The minimum absolute atomic E-state index is 0.0265. The third-order valence-electron chi connectivity index (χ3n) is 11.4. The highest BCUT2D eigenvalue weighted by atomic mass is 19.1. The molecule has 8 rings (SSSR count). The van der Waals surface area contributed by atoms with Crippen molar-refractivity contribution < 1.29 is 32.7 Å². The molecule has 1 saturated carbocycles. The molecule has 0 aromatic carbocycles. The highest BCUT2D eigenvalue weighted by Crippen LogP contribution is 2.38. The fourth-order valence-electron chi connectivity index (χ4n) is 8.12. The van der Waals surface area contributed by atoms with E-state index in [2.05, 4.69) is 20.6 Å². The molecule has 17 heteroatoms. The Labute approximate surface area is 326 Å². The van der Waals surface area contributed by atoms with Crippen LogP contribution in [-0.4, -0.2) is 90.9 Å². The van der Waals surface area contributed by atoms with Crippen LogP contribution in [0.3, 0.4) is 0 Å². The van der Waals surface area contributed by atoms with Gasteiger partial charge in [-0.3, -0.25) is 33.7 Å².